The van der Waals surface area contributed by atoms with Gasteiger partial charge in [0.25, 0.3) is 0 Å². The number of nitrogens with zero attached hydrogens (tertiary/aromatic N) is 1. The van der Waals surface area contributed by atoms with E-state index in [0.717, 1.165) is 12.2 Å². The number of carbonyl (C=O) groups is 2. The predicted octanol–water partition coefficient (Wildman–Crippen LogP) is 2.56. The molecule has 1 unspecified atom stereocenters. The van der Waals surface area contributed by atoms with Gasteiger partial charge in [0.1, 0.15) is 11.8 Å². The Bertz CT molecular complexity index is 501. The Morgan fingerprint density at radius 2 is 2.10 bits per heavy atom. The summed E-state index contributed by atoms with van der Waals surface area (Å²) in [6.45, 7) is 3.16. The van der Waals surface area contributed by atoms with Crippen molar-refractivity contribution in [3.63, 3.8) is 0 Å². The first-order valence-electron chi connectivity index (χ1n) is 7.15. The van der Waals surface area contributed by atoms with Crippen LogP contribution in [-0.2, 0) is 4.79 Å². The molecular formula is C15H20N2O4. The van der Waals surface area contributed by atoms with Crippen LogP contribution in [0.3, 0.4) is 0 Å². The highest BCUT2D eigenvalue weighted by Crippen LogP contribution is 2.20. The quantitative estimate of drug-likeness (QED) is 0.874. The molecule has 1 aromatic carbocycles. The third kappa shape index (κ3) is 3.87. The Labute approximate surface area is 123 Å². The van der Waals surface area contributed by atoms with Gasteiger partial charge in [-0.2, -0.15) is 0 Å². The Morgan fingerprint density at radius 1 is 1.38 bits per heavy atom. The van der Waals surface area contributed by atoms with Crippen LogP contribution in [0.2, 0.25) is 0 Å². The number of carboxylic acids is 1. The molecule has 2 amide bonds. The molecule has 2 N–H and O–H groups in total. The van der Waals surface area contributed by atoms with Gasteiger partial charge in [-0.25, -0.2) is 9.59 Å². The summed E-state index contributed by atoms with van der Waals surface area (Å²) in [6, 6.07) is 5.96. The van der Waals surface area contributed by atoms with Crippen molar-refractivity contribution < 1.29 is 19.4 Å². The summed E-state index contributed by atoms with van der Waals surface area (Å²) in [6.07, 6.45) is 2.16. The molecular weight excluding hydrogens is 272 g/mol. The number of ether oxygens (including phenoxy) is 1. The fourth-order valence-electron chi connectivity index (χ4n) is 2.32. The zero-order chi connectivity index (χ0) is 15.2. The molecule has 2 rings (SSSR count). The minimum Gasteiger partial charge on any atom is -0.494 e. The minimum atomic E-state index is -0.953. The van der Waals surface area contributed by atoms with Crippen molar-refractivity contribution in [1.29, 1.82) is 0 Å². The molecule has 1 atom stereocenters. The molecule has 1 saturated heterocycles. The van der Waals surface area contributed by atoms with E-state index >= 15 is 0 Å². The second kappa shape index (κ2) is 6.97. The van der Waals surface area contributed by atoms with E-state index in [1.807, 2.05) is 6.92 Å². The standard InChI is InChI=1S/C15H20N2O4/c1-2-10-21-12-7-5-11(6-8-12)16-15(20)17-9-3-4-13(17)14(18)19/h5-8,13H,2-4,9-10H2,1H3,(H,16,20)(H,18,19). The lowest BCUT2D eigenvalue weighted by Gasteiger charge is -2.21. The van der Waals surface area contributed by atoms with Crippen molar-refractivity contribution in [3.8, 4) is 5.75 Å². The Kier molecular flexibility index (Phi) is 5.03. The summed E-state index contributed by atoms with van der Waals surface area (Å²) in [5, 5.41) is 11.8. The van der Waals surface area contributed by atoms with Crippen LogP contribution in [0.5, 0.6) is 5.75 Å². The first-order chi connectivity index (χ1) is 10.1. The van der Waals surface area contributed by atoms with E-state index in [1.54, 1.807) is 24.3 Å². The molecule has 1 aliphatic heterocycles. The molecule has 0 spiro atoms. The summed E-state index contributed by atoms with van der Waals surface area (Å²) in [4.78, 5) is 24.5. The maximum atomic E-state index is 12.1. The van der Waals surface area contributed by atoms with Crippen LogP contribution >= 0.6 is 0 Å². The second-order valence-corrected chi connectivity index (χ2v) is 4.99. The molecule has 114 valence electrons. The molecule has 0 radical (unpaired) electrons. The summed E-state index contributed by atoms with van der Waals surface area (Å²) < 4.78 is 5.46. The Balaban J connectivity index is 1.94. The van der Waals surface area contributed by atoms with Crippen molar-refractivity contribution in [3.05, 3.63) is 24.3 Å². The molecule has 1 fully saturated rings. The second-order valence-electron chi connectivity index (χ2n) is 4.99. The summed E-state index contributed by atoms with van der Waals surface area (Å²) in [5.74, 6) is -0.203. The monoisotopic (exact) mass is 292 g/mol. The van der Waals surface area contributed by atoms with Gasteiger partial charge in [-0.1, -0.05) is 6.92 Å². The van der Waals surface area contributed by atoms with E-state index in [-0.39, 0.29) is 6.03 Å². The third-order valence-electron chi connectivity index (χ3n) is 3.38. The topological polar surface area (TPSA) is 78.9 Å². The fourth-order valence-corrected chi connectivity index (χ4v) is 2.32. The van der Waals surface area contributed by atoms with Crippen LogP contribution < -0.4 is 10.1 Å². The van der Waals surface area contributed by atoms with E-state index in [0.29, 0.717) is 31.7 Å². The number of amides is 2. The van der Waals surface area contributed by atoms with Crippen molar-refractivity contribution in [2.75, 3.05) is 18.5 Å². The minimum absolute atomic E-state index is 0.373. The number of urea groups is 1. The predicted molar refractivity (Wildman–Crippen MR) is 78.6 cm³/mol. The molecule has 1 heterocycles. The number of aliphatic carboxylic acids is 1. The Hall–Kier alpha value is -2.24. The van der Waals surface area contributed by atoms with Gasteiger partial charge in [0.05, 0.1) is 6.61 Å². The molecule has 1 aliphatic rings. The van der Waals surface area contributed by atoms with Crippen LogP contribution in [-0.4, -0.2) is 41.2 Å². The molecule has 0 aliphatic carbocycles. The first kappa shape index (κ1) is 15.2. The number of nitrogens with one attached hydrogen (secondary N) is 1. The fraction of sp³-hybridized carbons (Fsp3) is 0.467. The highest BCUT2D eigenvalue weighted by Gasteiger charge is 2.33. The molecule has 0 saturated carbocycles. The van der Waals surface area contributed by atoms with Gasteiger partial charge in [0.2, 0.25) is 0 Å². The van der Waals surface area contributed by atoms with Crippen LogP contribution in [0.4, 0.5) is 10.5 Å². The zero-order valence-electron chi connectivity index (χ0n) is 12.0. The molecule has 1 aromatic rings. The van der Waals surface area contributed by atoms with Crippen molar-refractivity contribution >= 4 is 17.7 Å². The number of rotatable bonds is 5. The highest BCUT2D eigenvalue weighted by atomic mass is 16.5. The number of likely N-dealkylation sites (tertiary alicyclic amines) is 1. The van der Waals surface area contributed by atoms with E-state index in [1.165, 1.54) is 4.90 Å². The number of carbonyl (C=O) groups excluding carboxylic acids is 1. The van der Waals surface area contributed by atoms with Gasteiger partial charge >= 0.3 is 12.0 Å². The maximum Gasteiger partial charge on any atom is 0.326 e. The van der Waals surface area contributed by atoms with Gasteiger partial charge < -0.3 is 20.1 Å². The van der Waals surface area contributed by atoms with Crippen LogP contribution in [0.15, 0.2) is 24.3 Å². The largest absolute Gasteiger partial charge is 0.494 e. The van der Waals surface area contributed by atoms with Crippen LogP contribution in [0.25, 0.3) is 0 Å². The van der Waals surface area contributed by atoms with Crippen LogP contribution in [0, 0.1) is 0 Å². The lowest BCUT2D eigenvalue weighted by molar-refractivity contribution is -0.141. The first-order valence-corrected chi connectivity index (χ1v) is 7.15. The molecule has 21 heavy (non-hydrogen) atoms. The lowest BCUT2D eigenvalue weighted by Crippen LogP contribution is -2.42. The molecule has 6 heteroatoms. The lowest BCUT2D eigenvalue weighted by atomic mass is 10.2. The average molecular weight is 292 g/mol. The normalized spacial score (nSPS) is 17.6. The maximum absolute atomic E-state index is 12.1. The number of hydrogen-bond acceptors (Lipinski definition) is 3. The molecule has 0 bridgehead atoms. The highest BCUT2D eigenvalue weighted by molar-refractivity contribution is 5.92. The number of carboxylic acid groups (broad SMARTS) is 1. The van der Waals surface area contributed by atoms with Gasteiger partial charge in [-0.05, 0) is 43.5 Å². The van der Waals surface area contributed by atoms with E-state index in [4.69, 9.17) is 9.84 Å². The van der Waals surface area contributed by atoms with Gasteiger partial charge in [-0.15, -0.1) is 0 Å². The number of hydrogen-bond donors (Lipinski definition) is 2. The SMILES string of the molecule is CCCOc1ccc(NC(=O)N2CCCC2C(=O)O)cc1. The smallest absolute Gasteiger partial charge is 0.326 e. The molecule has 0 aromatic heterocycles. The van der Waals surface area contributed by atoms with Gasteiger partial charge in [0.15, 0.2) is 0 Å². The van der Waals surface area contributed by atoms with Crippen molar-refractivity contribution in [1.82, 2.24) is 4.90 Å². The summed E-state index contributed by atoms with van der Waals surface area (Å²) >= 11 is 0. The average Bonchev–Trinajstić information content (AvgIpc) is 2.96. The van der Waals surface area contributed by atoms with Crippen molar-refractivity contribution in [2.24, 2.45) is 0 Å². The number of anilines is 1. The van der Waals surface area contributed by atoms with Crippen LogP contribution in [0.1, 0.15) is 26.2 Å². The summed E-state index contributed by atoms with van der Waals surface area (Å²) in [7, 11) is 0. The van der Waals surface area contributed by atoms with E-state index < -0.39 is 12.0 Å². The Morgan fingerprint density at radius 3 is 2.71 bits per heavy atom. The summed E-state index contributed by atoms with van der Waals surface area (Å²) in [5.41, 5.74) is 0.625. The number of benzene rings is 1. The van der Waals surface area contributed by atoms with Gasteiger partial charge in [0, 0.05) is 12.2 Å². The van der Waals surface area contributed by atoms with E-state index in [9.17, 15) is 9.59 Å². The van der Waals surface area contributed by atoms with Crippen molar-refractivity contribution in [2.45, 2.75) is 32.2 Å². The third-order valence-corrected chi connectivity index (χ3v) is 3.38. The van der Waals surface area contributed by atoms with E-state index in [2.05, 4.69) is 5.32 Å². The molecule has 6 nitrogen and oxygen atoms in total. The zero-order valence-corrected chi connectivity index (χ0v) is 12.0. The van der Waals surface area contributed by atoms with Gasteiger partial charge in [-0.3, -0.25) is 0 Å².